The molecule has 1 aliphatic rings. The number of carbonyl (C=O) groups excluding carboxylic acids is 1. The minimum atomic E-state index is -4.35. The summed E-state index contributed by atoms with van der Waals surface area (Å²) in [5, 5.41) is 2.35. The number of aromatic nitrogens is 1. The van der Waals surface area contributed by atoms with E-state index in [1.807, 2.05) is 6.92 Å². The highest BCUT2D eigenvalue weighted by Gasteiger charge is 2.48. The fraction of sp³-hybridized carbons (Fsp3) is 0.667. The van der Waals surface area contributed by atoms with Gasteiger partial charge in [-0.25, -0.2) is 4.98 Å². The van der Waals surface area contributed by atoms with E-state index in [1.54, 1.807) is 5.38 Å². The molecular weight excluding hydrogens is 277 g/mol. The van der Waals surface area contributed by atoms with Crippen LogP contribution in [0, 0.1) is 0 Å². The number of hydrogen-bond donors (Lipinski definition) is 0. The third-order valence-electron chi connectivity index (χ3n) is 3.13. The second-order valence-electron chi connectivity index (χ2n) is 4.57. The van der Waals surface area contributed by atoms with Crippen LogP contribution in [0.1, 0.15) is 41.7 Å². The van der Waals surface area contributed by atoms with Gasteiger partial charge in [0.15, 0.2) is 0 Å². The predicted octanol–water partition coefficient (Wildman–Crippen LogP) is 3.26. The van der Waals surface area contributed by atoms with Crippen LogP contribution >= 0.6 is 11.3 Å². The number of amides is 1. The van der Waals surface area contributed by atoms with Crippen LogP contribution < -0.4 is 0 Å². The van der Waals surface area contributed by atoms with Gasteiger partial charge in [0.2, 0.25) is 0 Å². The van der Waals surface area contributed by atoms with Gasteiger partial charge >= 0.3 is 6.18 Å². The van der Waals surface area contributed by atoms with Crippen LogP contribution in [-0.4, -0.2) is 34.6 Å². The molecule has 0 unspecified atom stereocenters. The van der Waals surface area contributed by atoms with Crippen molar-refractivity contribution in [1.82, 2.24) is 9.88 Å². The lowest BCUT2D eigenvalue weighted by Crippen LogP contribution is -2.44. The smallest absolute Gasteiger partial charge is 0.325 e. The molecule has 1 amide bonds. The topological polar surface area (TPSA) is 33.2 Å². The molecule has 2 rings (SSSR count). The molecule has 0 aromatic carbocycles. The normalized spacial score (nSPS) is 20.0. The van der Waals surface area contributed by atoms with Crippen molar-refractivity contribution >= 4 is 17.2 Å². The van der Waals surface area contributed by atoms with E-state index >= 15 is 0 Å². The van der Waals surface area contributed by atoms with Crippen LogP contribution in [-0.2, 0) is 6.42 Å². The number of rotatable bonds is 3. The molecule has 3 nitrogen and oxygen atoms in total. The van der Waals surface area contributed by atoms with Crippen molar-refractivity contribution in [1.29, 1.82) is 0 Å². The Morgan fingerprint density at radius 1 is 1.58 bits per heavy atom. The summed E-state index contributed by atoms with van der Waals surface area (Å²) in [5.41, 5.74) is 0.143. The second kappa shape index (κ2) is 5.48. The van der Waals surface area contributed by atoms with E-state index in [2.05, 4.69) is 4.98 Å². The van der Waals surface area contributed by atoms with Crippen molar-refractivity contribution in [2.75, 3.05) is 6.54 Å². The molecule has 1 aromatic heterocycles. The third kappa shape index (κ3) is 3.08. The van der Waals surface area contributed by atoms with Crippen molar-refractivity contribution in [2.24, 2.45) is 0 Å². The number of thiazole rings is 1. The van der Waals surface area contributed by atoms with Crippen LogP contribution in [0.3, 0.4) is 0 Å². The first-order chi connectivity index (χ1) is 8.93. The van der Waals surface area contributed by atoms with Gasteiger partial charge in [0.25, 0.3) is 5.91 Å². The highest BCUT2D eigenvalue weighted by atomic mass is 32.1. The van der Waals surface area contributed by atoms with Gasteiger partial charge in [0.1, 0.15) is 11.7 Å². The van der Waals surface area contributed by atoms with Gasteiger partial charge in [0, 0.05) is 11.9 Å². The highest BCUT2D eigenvalue weighted by Crippen LogP contribution is 2.33. The average molecular weight is 292 g/mol. The van der Waals surface area contributed by atoms with E-state index < -0.39 is 18.1 Å². The van der Waals surface area contributed by atoms with Gasteiger partial charge in [-0.15, -0.1) is 11.3 Å². The number of carbonyl (C=O) groups is 1. The molecule has 19 heavy (non-hydrogen) atoms. The molecule has 1 atom stereocenters. The summed E-state index contributed by atoms with van der Waals surface area (Å²) in [4.78, 5) is 17.1. The van der Waals surface area contributed by atoms with Gasteiger partial charge in [-0.2, -0.15) is 13.2 Å². The molecule has 1 fully saturated rings. The zero-order valence-corrected chi connectivity index (χ0v) is 11.4. The fourth-order valence-corrected chi connectivity index (χ4v) is 3.11. The van der Waals surface area contributed by atoms with Crippen LogP contribution in [0.2, 0.25) is 0 Å². The fourth-order valence-electron chi connectivity index (χ4n) is 2.24. The van der Waals surface area contributed by atoms with Crippen LogP contribution in [0.25, 0.3) is 0 Å². The summed E-state index contributed by atoms with van der Waals surface area (Å²) in [6.45, 7) is 2.15. The summed E-state index contributed by atoms with van der Waals surface area (Å²) in [5.74, 6) is -0.599. The van der Waals surface area contributed by atoms with Gasteiger partial charge in [0.05, 0.1) is 5.01 Å². The molecule has 0 saturated carbocycles. The summed E-state index contributed by atoms with van der Waals surface area (Å²) in [6, 6.07) is -1.66. The molecule has 0 radical (unpaired) electrons. The maximum atomic E-state index is 12.8. The quantitative estimate of drug-likeness (QED) is 0.856. The van der Waals surface area contributed by atoms with Crippen molar-refractivity contribution in [3.8, 4) is 0 Å². The zero-order chi connectivity index (χ0) is 14.0. The first kappa shape index (κ1) is 14.3. The van der Waals surface area contributed by atoms with E-state index in [0.29, 0.717) is 6.42 Å². The molecule has 0 bridgehead atoms. The number of hydrogen-bond acceptors (Lipinski definition) is 3. The van der Waals surface area contributed by atoms with Gasteiger partial charge < -0.3 is 4.90 Å². The molecule has 2 heterocycles. The van der Waals surface area contributed by atoms with Crippen molar-refractivity contribution < 1.29 is 18.0 Å². The van der Waals surface area contributed by atoms with E-state index in [0.717, 1.165) is 22.7 Å². The number of nitrogens with zero attached hydrogens (tertiary/aromatic N) is 2. The van der Waals surface area contributed by atoms with Crippen molar-refractivity contribution in [2.45, 2.75) is 44.8 Å². The molecule has 7 heteroatoms. The number of halogens is 3. The minimum Gasteiger partial charge on any atom is -0.325 e. The summed E-state index contributed by atoms with van der Waals surface area (Å²) in [6.07, 6.45) is -2.33. The maximum absolute atomic E-state index is 12.8. The first-order valence-electron chi connectivity index (χ1n) is 6.25. The summed E-state index contributed by atoms with van der Waals surface area (Å²) >= 11 is 1.33. The standard InChI is InChI=1S/C12H15F3N2OS/c1-2-4-10-16-8(7-19-10)11(18)17-6-3-5-9(17)12(13,14)15/h7,9H,2-6H2,1H3/t9-/m1/s1. The number of aryl methyl sites for hydroxylation is 1. The molecule has 0 spiro atoms. The lowest BCUT2D eigenvalue weighted by molar-refractivity contribution is -0.169. The molecule has 106 valence electrons. The highest BCUT2D eigenvalue weighted by molar-refractivity contribution is 7.09. The van der Waals surface area contributed by atoms with Crippen LogP contribution in [0.5, 0.6) is 0 Å². The van der Waals surface area contributed by atoms with Gasteiger partial charge in [-0.3, -0.25) is 4.79 Å². The molecule has 1 aromatic rings. The Balaban J connectivity index is 2.14. The molecule has 0 N–H and O–H groups in total. The Bertz CT molecular complexity index is 458. The van der Waals surface area contributed by atoms with E-state index in [4.69, 9.17) is 0 Å². The first-order valence-corrected chi connectivity index (χ1v) is 7.13. The van der Waals surface area contributed by atoms with E-state index in [9.17, 15) is 18.0 Å². The maximum Gasteiger partial charge on any atom is 0.408 e. The molecular formula is C12H15F3N2OS. The molecule has 1 aliphatic heterocycles. The number of likely N-dealkylation sites (tertiary alicyclic amines) is 1. The Morgan fingerprint density at radius 2 is 2.32 bits per heavy atom. The molecule has 1 saturated heterocycles. The lowest BCUT2D eigenvalue weighted by Gasteiger charge is -2.25. The number of alkyl halides is 3. The zero-order valence-electron chi connectivity index (χ0n) is 10.5. The van der Waals surface area contributed by atoms with E-state index in [-0.39, 0.29) is 18.7 Å². The van der Waals surface area contributed by atoms with Crippen LogP contribution in [0.4, 0.5) is 13.2 Å². The largest absolute Gasteiger partial charge is 0.408 e. The van der Waals surface area contributed by atoms with Crippen LogP contribution in [0.15, 0.2) is 5.38 Å². The molecule has 0 aliphatic carbocycles. The monoisotopic (exact) mass is 292 g/mol. The summed E-state index contributed by atoms with van der Waals surface area (Å²) in [7, 11) is 0. The van der Waals surface area contributed by atoms with E-state index in [1.165, 1.54) is 11.3 Å². The third-order valence-corrected chi connectivity index (χ3v) is 4.03. The predicted molar refractivity (Wildman–Crippen MR) is 66.2 cm³/mol. The average Bonchev–Trinajstić information content (AvgIpc) is 2.95. The second-order valence-corrected chi connectivity index (χ2v) is 5.52. The summed E-state index contributed by atoms with van der Waals surface area (Å²) < 4.78 is 38.4. The Kier molecular flexibility index (Phi) is 4.13. The Labute approximate surface area is 113 Å². The SMILES string of the molecule is CCCc1nc(C(=O)N2CCC[C@@H]2C(F)(F)F)cs1. The van der Waals surface area contributed by atoms with Crippen molar-refractivity contribution in [3.05, 3.63) is 16.1 Å². The van der Waals surface area contributed by atoms with Gasteiger partial charge in [-0.1, -0.05) is 6.92 Å². The Morgan fingerprint density at radius 3 is 2.95 bits per heavy atom. The minimum absolute atomic E-state index is 0.0127. The lowest BCUT2D eigenvalue weighted by atomic mass is 10.2. The van der Waals surface area contributed by atoms with Gasteiger partial charge in [-0.05, 0) is 25.7 Å². The van der Waals surface area contributed by atoms with Crippen molar-refractivity contribution in [3.63, 3.8) is 0 Å². The Hall–Kier alpha value is -1.11.